The van der Waals surface area contributed by atoms with Crippen LogP contribution in [0.4, 0.5) is 0 Å². The van der Waals surface area contributed by atoms with Gasteiger partial charge in [-0.2, -0.15) is 4.31 Å². The normalized spacial score (nSPS) is 24.8. The van der Waals surface area contributed by atoms with Crippen molar-refractivity contribution >= 4 is 26.0 Å². The molecule has 1 aliphatic rings. The summed E-state index contributed by atoms with van der Waals surface area (Å²) in [4.78, 5) is 0.280. The van der Waals surface area contributed by atoms with Gasteiger partial charge in [-0.1, -0.05) is 15.9 Å². The van der Waals surface area contributed by atoms with E-state index in [4.69, 9.17) is 9.47 Å². The molecule has 0 saturated carbocycles. The number of benzene rings is 1. The number of methoxy groups -OCH3 is 2. The van der Waals surface area contributed by atoms with Gasteiger partial charge in [0.15, 0.2) is 0 Å². The molecule has 1 saturated heterocycles. The summed E-state index contributed by atoms with van der Waals surface area (Å²) in [6.45, 7) is 0.626. The van der Waals surface area contributed by atoms with Crippen molar-refractivity contribution in [2.45, 2.75) is 17.1 Å². The van der Waals surface area contributed by atoms with Crippen LogP contribution in [0, 0.1) is 0 Å². The maximum atomic E-state index is 12.5. The van der Waals surface area contributed by atoms with Crippen molar-refractivity contribution in [3.8, 4) is 0 Å². The standard InChI is InChI=1S/C12H16BrNO4S/c1-17-11-7-14(8-12(11)18-2)19(15,16)10-5-3-9(13)4-6-10/h3-6,11-12H,7-8H2,1-2H3. The van der Waals surface area contributed by atoms with E-state index in [0.29, 0.717) is 13.1 Å². The highest BCUT2D eigenvalue weighted by Gasteiger charge is 2.39. The highest BCUT2D eigenvalue weighted by Crippen LogP contribution is 2.24. The molecule has 0 aliphatic carbocycles. The number of sulfonamides is 1. The summed E-state index contributed by atoms with van der Waals surface area (Å²) in [5, 5.41) is 0. The Hall–Kier alpha value is -0.470. The molecule has 0 radical (unpaired) electrons. The molecule has 0 N–H and O–H groups in total. The Bertz CT molecular complexity index is 519. The molecule has 7 heteroatoms. The summed E-state index contributed by atoms with van der Waals surface area (Å²) >= 11 is 3.29. The molecule has 1 fully saturated rings. The smallest absolute Gasteiger partial charge is 0.243 e. The molecular weight excluding hydrogens is 334 g/mol. The van der Waals surface area contributed by atoms with Gasteiger partial charge in [-0.05, 0) is 24.3 Å². The quantitative estimate of drug-likeness (QED) is 0.826. The molecule has 2 rings (SSSR count). The van der Waals surface area contributed by atoms with E-state index in [1.54, 1.807) is 38.5 Å². The molecule has 1 aromatic rings. The van der Waals surface area contributed by atoms with E-state index in [-0.39, 0.29) is 17.1 Å². The largest absolute Gasteiger partial charge is 0.377 e. The lowest BCUT2D eigenvalue weighted by Crippen LogP contribution is -2.30. The van der Waals surface area contributed by atoms with Crippen molar-refractivity contribution in [1.82, 2.24) is 4.31 Å². The van der Waals surface area contributed by atoms with Crippen molar-refractivity contribution in [3.05, 3.63) is 28.7 Å². The van der Waals surface area contributed by atoms with Gasteiger partial charge >= 0.3 is 0 Å². The predicted molar refractivity (Wildman–Crippen MR) is 74.5 cm³/mol. The first kappa shape index (κ1) is 14.9. The van der Waals surface area contributed by atoms with E-state index >= 15 is 0 Å². The highest BCUT2D eigenvalue weighted by molar-refractivity contribution is 9.10. The molecule has 0 amide bonds. The van der Waals surface area contributed by atoms with Gasteiger partial charge in [0.2, 0.25) is 10.0 Å². The fourth-order valence-corrected chi connectivity index (χ4v) is 3.84. The maximum Gasteiger partial charge on any atom is 0.243 e. The summed E-state index contributed by atoms with van der Waals surface area (Å²) < 4.78 is 37.7. The van der Waals surface area contributed by atoms with Gasteiger partial charge in [0.1, 0.15) is 0 Å². The molecule has 1 aliphatic heterocycles. The number of rotatable bonds is 4. The summed E-state index contributed by atoms with van der Waals surface area (Å²) in [5.41, 5.74) is 0. The topological polar surface area (TPSA) is 55.8 Å². The minimum atomic E-state index is -3.49. The van der Waals surface area contributed by atoms with Crippen molar-refractivity contribution in [2.24, 2.45) is 0 Å². The van der Waals surface area contributed by atoms with E-state index in [2.05, 4.69) is 15.9 Å². The van der Waals surface area contributed by atoms with Crippen molar-refractivity contribution in [1.29, 1.82) is 0 Å². The molecule has 5 nitrogen and oxygen atoms in total. The predicted octanol–water partition coefficient (Wildman–Crippen LogP) is 1.48. The first-order chi connectivity index (χ1) is 8.98. The number of halogens is 1. The van der Waals surface area contributed by atoms with Crippen LogP contribution in [-0.4, -0.2) is 52.2 Å². The van der Waals surface area contributed by atoms with E-state index in [9.17, 15) is 8.42 Å². The SMILES string of the molecule is COC1CN(S(=O)(=O)c2ccc(Br)cc2)CC1OC. The second-order valence-electron chi connectivity index (χ2n) is 4.32. The van der Waals surface area contributed by atoms with Gasteiger partial charge in [-0.25, -0.2) is 8.42 Å². The molecule has 19 heavy (non-hydrogen) atoms. The minimum absolute atomic E-state index is 0.227. The first-order valence-corrected chi connectivity index (χ1v) is 8.03. The van der Waals surface area contributed by atoms with E-state index in [1.165, 1.54) is 4.31 Å². The Kier molecular flexibility index (Phi) is 4.62. The zero-order valence-corrected chi connectivity index (χ0v) is 13.1. The summed E-state index contributed by atoms with van der Waals surface area (Å²) in [5.74, 6) is 0. The number of nitrogens with zero attached hydrogens (tertiary/aromatic N) is 1. The molecule has 1 aromatic carbocycles. The van der Waals surface area contributed by atoms with Crippen LogP contribution in [0.2, 0.25) is 0 Å². The third-order valence-corrected chi connectivity index (χ3v) is 5.61. The van der Waals surface area contributed by atoms with Crippen molar-refractivity contribution in [2.75, 3.05) is 27.3 Å². The van der Waals surface area contributed by atoms with Crippen LogP contribution in [0.1, 0.15) is 0 Å². The molecule has 0 spiro atoms. The van der Waals surface area contributed by atoms with Crippen molar-refractivity contribution in [3.63, 3.8) is 0 Å². The number of ether oxygens (including phenoxy) is 2. The fraction of sp³-hybridized carbons (Fsp3) is 0.500. The van der Waals surface area contributed by atoms with Crippen LogP contribution in [-0.2, 0) is 19.5 Å². The maximum absolute atomic E-state index is 12.5. The van der Waals surface area contributed by atoms with Gasteiger partial charge in [0.25, 0.3) is 0 Å². The fourth-order valence-electron chi connectivity index (χ4n) is 2.12. The van der Waals surface area contributed by atoms with Crippen LogP contribution in [0.25, 0.3) is 0 Å². The average molecular weight is 350 g/mol. The zero-order chi connectivity index (χ0) is 14.0. The van der Waals surface area contributed by atoms with Gasteiger partial charge in [0, 0.05) is 31.8 Å². The molecule has 2 atom stereocenters. The molecule has 0 aromatic heterocycles. The molecular formula is C12H16BrNO4S. The Morgan fingerprint density at radius 3 is 2.00 bits per heavy atom. The summed E-state index contributed by atoms with van der Waals surface area (Å²) in [6, 6.07) is 6.60. The van der Waals surface area contributed by atoms with E-state index in [1.807, 2.05) is 0 Å². The number of hydrogen-bond donors (Lipinski definition) is 0. The van der Waals surface area contributed by atoms with Crippen LogP contribution in [0.5, 0.6) is 0 Å². The van der Waals surface area contributed by atoms with Crippen LogP contribution < -0.4 is 0 Å². The minimum Gasteiger partial charge on any atom is -0.377 e. The highest BCUT2D eigenvalue weighted by atomic mass is 79.9. The lowest BCUT2D eigenvalue weighted by Gasteiger charge is -2.15. The third kappa shape index (κ3) is 3.00. The third-order valence-electron chi connectivity index (χ3n) is 3.24. The Labute approximate surface area is 121 Å². The molecule has 1 heterocycles. The first-order valence-electron chi connectivity index (χ1n) is 5.80. The summed E-state index contributed by atoms with van der Waals surface area (Å²) in [7, 11) is -0.365. The second kappa shape index (κ2) is 5.88. The summed E-state index contributed by atoms with van der Waals surface area (Å²) in [6.07, 6.45) is -0.453. The van der Waals surface area contributed by atoms with Crippen molar-refractivity contribution < 1.29 is 17.9 Å². The monoisotopic (exact) mass is 349 g/mol. The van der Waals surface area contributed by atoms with E-state index < -0.39 is 10.0 Å². The number of hydrogen-bond acceptors (Lipinski definition) is 4. The van der Waals surface area contributed by atoms with E-state index in [0.717, 1.165) is 4.47 Å². The molecule has 0 bridgehead atoms. The molecule has 2 unspecified atom stereocenters. The average Bonchev–Trinajstić information content (AvgIpc) is 2.83. The Morgan fingerprint density at radius 2 is 1.58 bits per heavy atom. The van der Waals surface area contributed by atoms with Gasteiger partial charge in [-0.15, -0.1) is 0 Å². The Balaban J connectivity index is 2.24. The lowest BCUT2D eigenvalue weighted by atomic mass is 10.3. The van der Waals surface area contributed by atoms with Crippen LogP contribution in [0.3, 0.4) is 0 Å². The van der Waals surface area contributed by atoms with Gasteiger partial charge in [0.05, 0.1) is 17.1 Å². The van der Waals surface area contributed by atoms with Gasteiger partial charge < -0.3 is 9.47 Å². The second-order valence-corrected chi connectivity index (χ2v) is 7.18. The zero-order valence-electron chi connectivity index (χ0n) is 10.7. The Morgan fingerprint density at radius 1 is 1.11 bits per heavy atom. The van der Waals surface area contributed by atoms with Gasteiger partial charge in [-0.3, -0.25) is 0 Å². The van der Waals surface area contributed by atoms with Crippen LogP contribution in [0.15, 0.2) is 33.6 Å². The van der Waals surface area contributed by atoms with Crippen LogP contribution >= 0.6 is 15.9 Å². The molecule has 106 valence electrons. The lowest BCUT2D eigenvalue weighted by molar-refractivity contribution is -0.00461.